The van der Waals surface area contributed by atoms with Crippen LogP contribution in [0.5, 0.6) is 0 Å². The van der Waals surface area contributed by atoms with E-state index in [-0.39, 0.29) is 0 Å². The first-order valence-corrected chi connectivity index (χ1v) is 4.80. The molecule has 0 bridgehead atoms. The molecule has 0 radical (unpaired) electrons. The van der Waals surface area contributed by atoms with Gasteiger partial charge in [-0.15, -0.1) is 0 Å². The molecule has 1 aromatic heterocycles. The van der Waals surface area contributed by atoms with Crippen molar-refractivity contribution in [3.05, 3.63) is 60.0 Å². The normalized spacial score (nSPS) is 9.80. The van der Waals surface area contributed by atoms with Gasteiger partial charge in [-0.2, -0.15) is 0 Å². The maximum Gasteiger partial charge on any atom is 0.218 e. The van der Waals surface area contributed by atoms with Crippen LogP contribution in [0, 0.1) is 6.57 Å². The Morgan fingerprint density at radius 3 is 2.67 bits per heavy atom. The molecule has 0 amide bonds. The summed E-state index contributed by atoms with van der Waals surface area (Å²) in [6, 6.07) is 8.20. The highest BCUT2D eigenvalue weighted by atomic mass is 15.0. The fourth-order valence-electron chi connectivity index (χ4n) is 1.43. The molecular formula is C12H11N3. The molecule has 3 nitrogen and oxygen atoms in total. The van der Waals surface area contributed by atoms with E-state index in [9.17, 15) is 0 Å². The van der Waals surface area contributed by atoms with Gasteiger partial charge in [0.05, 0.1) is 6.33 Å². The van der Waals surface area contributed by atoms with Gasteiger partial charge in [-0.05, 0) is 17.7 Å². The van der Waals surface area contributed by atoms with Crippen LogP contribution in [-0.2, 0) is 6.42 Å². The first-order chi connectivity index (χ1) is 7.40. The summed E-state index contributed by atoms with van der Waals surface area (Å²) in [7, 11) is 0. The Hall–Kier alpha value is -2.08. The van der Waals surface area contributed by atoms with Gasteiger partial charge in [0, 0.05) is 24.5 Å². The molecule has 2 rings (SSSR count). The van der Waals surface area contributed by atoms with Crippen LogP contribution in [0.25, 0.3) is 10.5 Å². The Labute approximate surface area is 88.8 Å². The van der Waals surface area contributed by atoms with Crippen LogP contribution in [-0.4, -0.2) is 16.1 Å². The third-order valence-electron chi connectivity index (χ3n) is 2.25. The minimum atomic E-state index is 0.560. The van der Waals surface area contributed by atoms with Crippen LogP contribution in [0.2, 0.25) is 0 Å². The van der Waals surface area contributed by atoms with Crippen molar-refractivity contribution in [2.24, 2.45) is 0 Å². The number of aromatic nitrogens is 2. The minimum absolute atomic E-state index is 0.560. The van der Waals surface area contributed by atoms with Crippen molar-refractivity contribution in [2.75, 3.05) is 6.54 Å². The molecule has 1 aromatic carbocycles. The first-order valence-electron chi connectivity index (χ1n) is 4.80. The van der Waals surface area contributed by atoms with Gasteiger partial charge in [0.25, 0.3) is 0 Å². The zero-order valence-electron chi connectivity index (χ0n) is 8.30. The van der Waals surface area contributed by atoms with Crippen LogP contribution in [0.15, 0.2) is 43.0 Å². The lowest BCUT2D eigenvalue weighted by Crippen LogP contribution is -1.92. The van der Waals surface area contributed by atoms with Gasteiger partial charge < -0.3 is 9.41 Å². The Bertz CT molecular complexity index is 449. The second-order valence-electron chi connectivity index (χ2n) is 3.27. The molecule has 0 saturated carbocycles. The highest BCUT2D eigenvalue weighted by Crippen LogP contribution is 2.09. The Balaban J connectivity index is 2.15. The molecule has 0 aliphatic carbocycles. The fraction of sp³-hybridized carbons (Fsp3) is 0.167. The van der Waals surface area contributed by atoms with Crippen molar-refractivity contribution in [1.82, 2.24) is 9.55 Å². The number of benzene rings is 1. The maximum atomic E-state index is 6.72. The zero-order valence-corrected chi connectivity index (χ0v) is 8.30. The van der Waals surface area contributed by atoms with E-state index >= 15 is 0 Å². The average molecular weight is 197 g/mol. The van der Waals surface area contributed by atoms with Crippen molar-refractivity contribution in [2.45, 2.75) is 6.42 Å². The summed E-state index contributed by atoms with van der Waals surface area (Å²) in [5.74, 6) is 0. The van der Waals surface area contributed by atoms with E-state index in [0.29, 0.717) is 6.54 Å². The van der Waals surface area contributed by atoms with E-state index in [0.717, 1.165) is 12.1 Å². The van der Waals surface area contributed by atoms with Gasteiger partial charge in [0.2, 0.25) is 6.54 Å². The largest absolute Gasteiger partial charge is 0.317 e. The number of imidazole rings is 1. The molecule has 0 saturated heterocycles. The Kier molecular flexibility index (Phi) is 2.80. The van der Waals surface area contributed by atoms with Crippen LogP contribution in [0.4, 0.5) is 0 Å². The van der Waals surface area contributed by atoms with E-state index < -0.39 is 0 Å². The lowest BCUT2D eigenvalue weighted by molar-refractivity contribution is 1.04. The molecular weight excluding hydrogens is 186 g/mol. The van der Waals surface area contributed by atoms with Crippen LogP contribution >= 0.6 is 0 Å². The SMILES string of the molecule is [C-]#[N+]CCc1ccc(-n2ccnc2)cc1. The summed E-state index contributed by atoms with van der Waals surface area (Å²) in [6.07, 6.45) is 6.27. The van der Waals surface area contributed by atoms with Gasteiger partial charge in [-0.25, -0.2) is 11.6 Å². The first kappa shape index (κ1) is 9.47. The van der Waals surface area contributed by atoms with Gasteiger partial charge in [-0.1, -0.05) is 12.1 Å². The summed E-state index contributed by atoms with van der Waals surface area (Å²) in [5.41, 5.74) is 2.30. The fourth-order valence-corrected chi connectivity index (χ4v) is 1.43. The molecule has 1 heterocycles. The second kappa shape index (κ2) is 4.43. The van der Waals surface area contributed by atoms with E-state index in [4.69, 9.17) is 6.57 Å². The third kappa shape index (κ3) is 2.23. The minimum Gasteiger partial charge on any atom is -0.317 e. The molecule has 3 heteroatoms. The second-order valence-corrected chi connectivity index (χ2v) is 3.27. The molecule has 0 spiro atoms. The number of rotatable bonds is 3. The zero-order chi connectivity index (χ0) is 10.5. The molecule has 74 valence electrons. The van der Waals surface area contributed by atoms with Crippen molar-refractivity contribution >= 4 is 0 Å². The third-order valence-corrected chi connectivity index (χ3v) is 2.25. The van der Waals surface area contributed by atoms with Crippen LogP contribution in [0.3, 0.4) is 0 Å². The Morgan fingerprint density at radius 1 is 1.27 bits per heavy atom. The van der Waals surface area contributed by atoms with Gasteiger partial charge in [-0.3, -0.25) is 0 Å². The maximum absolute atomic E-state index is 6.72. The molecule has 0 unspecified atom stereocenters. The standard InChI is InChI=1S/C12H11N3/c1-13-7-6-11-2-4-12(5-3-11)15-9-8-14-10-15/h2-5,8-10H,6-7H2. The van der Waals surface area contributed by atoms with Gasteiger partial charge in [0.15, 0.2) is 0 Å². The number of hydrogen-bond donors (Lipinski definition) is 0. The van der Waals surface area contributed by atoms with Crippen LogP contribution < -0.4 is 0 Å². The summed E-state index contributed by atoms with van der Waals surface area (Å²) in [4.78, 5) is 7.33. The van der Waals surface area contributed by atoms with Crippen molar-refractivity contribution in [1.29, 1.82) is 0 Å². The summed E-state index contributed by atoms with van der Waals surface area (Å²) < 4.78 is 1.96. The lowest BCUT2D eigenvalue weighted by Gasteiger charge is -2.02. The highest BCUT2D eigenvalue weighted by Gasteiger charge is 1.97. The summed E-state index contributed by atoms with van der Waals surface area (Å²) >= 11 is 0. The van der Waals surface area contributed by atoms with E-state index in [1.165, 1.54) is 5.56 Å². The molecule has 0 fully saturated rings. The van der Waals surface area contributed by atoms with Gasteiger partial charge in [0.1, 0.15) is 0 Å². The molecule has 15 heavy (non-hydrogen) atoms. The Morgan fingerprint density at radius 2 is 2.07 bits per heavy atom. The number of hydrogen-bond acceptors (Lipinski definition) is 1. The average Bonchev–Trinajstić information content (AvgIpc) is 2.80. The van der Waals surface area contributed by atoms with Crippen molar-refractivity contribution in [3.8, 4) is 5.69 Å². The smallest absolute Gasteiger partial charge is 0.218 e. The summed E-state index contributed by atoms with van der Waals surface area (Å²) in [6.45, 7) is 7.28. The predicted octanol–water partition coefficient (Wildman–Crippen LogP) is 2.33. The van der Waals surface area contributed by atoms with E-state index in [2.05, 4.69) is 22.0 Å². The van der Waals surface area contributed by atoms with E-state index in [1.807, 2.05) is 22.9 Å². The topological polar surface area (TPSA) is 22.2 Å². The summed E-state index contributed by atoms with van der Waals surface area (Å²) in [5, 5.41) is 0. The molecule has 0 aliphatic heterocycles. The molecule has 0 aliphatic rings. The van der Waals surface area contributed by atoms with Crippen molar-refractivity contribution in [3.63, 3.8) is 0 Å². The number of nitrogens with zero attached hydrogens (tertiary/aromatic N) is 3. The van der Waals surface area contributed by atoms with Crippen molar-refractivity contribution < 1.29 is 0 Å². The molecule has 0 atom stereocenters. The highest BCUT2D eigenvalue weighted by molar-refractivity contribution is 5.34. The molecule has 0 N–H and O–H groups in total. The van der Waals surface area contributed by atoms with Gasteiger partial charge >= 0.3 is 0 Å². The monoisotopic (exact) mass is 197 g/mol. The van der Waals surface area contributed by atoms with Crippen LogP contribution in [0.1, 0.15) is 5.56 Å². The lowest BCUT2D eigenvalue weighted by atomic mass is 10.1. The predicted molar refractivity (Wildman–Crippen MR) is 58.7 cm³/mol. The van der Waals surface area contributed by atoms with E-state index in [1.54, 1.807) is 12.5 Å². The molecule has 2 aromatic rings. The quantitative estimate of drug-likeness (QED) is 0.692.